The van der Waals surface area contributed by atoms with Crippen LogP contribution in [0.4, 0.5) is 41.6 Å². The molecule has 16 nitrogen and oxygen atoms in total. The van der Waals surface area contributed by atoms with Crippen LogP contribution in [0, 0.1) is 21.4 Å². The molecular weight excluding hydrogens is 953 g/mol. The molecule has 2 aromatic heterocycles. The molecule has 372 valence electrons. The van der Waals surface area contributed by atoms with Crippen LogP contribution in [0.3, 0.4) is 0 Å². The van der Waals surface area contributed by atoms with Crippen LogP contribution in [0.25, 0.3) is 16.6 Å². The highest BCUT2D eigenvalue weighted by molar-refractivity contribution is 7.90. The van der Waals surface area contributed by atoms with E-state index < -0.39 is 48.9 Å². The molecule has 5 aromatic rings. The predicted octanol–water partition coefficient (Wildman–Crippen LogP) is 8.96. The van der Waals surface area contributed by atoms with Crippen LogP contribution in [0.1, 0.15) is 55.5 Å². The van der Waals surface area contributed by atoms with Gasteiger partial charge in [-0.25, -0.2) is 13.1 Å². The first-order valence-corrected chi connectivity index (χ1v) is 25.1. The number of carbonyl (C=O) groups is 1. The summed E-state index contributed by atoms with van der Waals surface area (Å²) in [6.07, 6.45) is -1.12. The number of anilines is 4. The molecule has 2 saturated heterocycles. The summed E-state index contributed by atoms with van der Waals surface area (Å²) in [5, 5.41) is 16.5. The smallest absolute Gasteiger partial charge is 0.394 e. The number of amides is 1. The average Bonchev–Trinajstić information content (AvgIpc) is 3.71. The van der Waals surface area contributed by atoms with Crippen molar-refractivity contribution in [3.05, 3.63) is 111 Å². The fourth-order valence-electron chi connectivity index (χ4n) is 9.66. The topological polar surface area (TPSA) is 185 Å². The van der Waals surface area contributed by atoms with E-state index in [2.05, 4.69) is 24.8 Å². The van der Waals surface area contributed by atoms with E-state index in [0.717, 1.165) is 33.8 Å². The zero-order valence-corrected chi connectivity index (χ0v) is 40.3. The van der Waals surface area contributed by atoms with Gasteiger partial charge in [-0.3, -0.25) is 19.8 Å². The molecule has 21 heteroatoms. The average molecular weight is 1010 g/mol. The number of sulfonamides is 1. The van der Waals surface area contributed by atoms with Crippen LogP contribution < -0.4 is 24.6 Å². The minimum atomic E-state index is -4.65. The highest BCUT2D eigenvalue weighted by Crippen LogP contribution is 2.51. The third-order valence-electron chi connectivity index (χ3n) is 13.9. The number of nitro benzene ring substituents is 1. The Morgan fingerprint density at radius 3 is 2.49 bits per heavy atom. The van der Waals surface area contributed by atoms with Crippen molar-refractivity contribution in [3.8, 4) is 5.88 Å². The van der Waals surface area contributed by atoms with Gasteiger partial charge in [-0.05, 0) is 97.3 Å². The summed E-state index contributed by atoms with van der Waals surface area (Å²) in [6.45, 7) is 7.69. The largest absolute Gasteiger partial charge is 0.476 e. The molecule has 1 amide bonds. The molecular formula is C49H54ClF3N8O8S. The third-order valence-corrected chi connectivity index (χ3v) is 15.5. The Morgan fingerprint density at radius 1 is 0.971 bits per heavy atom. The van der Waals surface area contributed by atoms with Gasteiger partial charge in [0.15, 0.2) is 0 Å². The molecule has 2 fully saturated rings. The molecule has 1 aliphatic carbocycles. The molecule has 3 N–H and O–H groups in total. The van der Waals surface area contributed by atoms with E-state index in [4.69, 9.17) is 30.8 Å². The number of aromatic nitrogens is 2. The predicted molar refractivity (Wildman–Crippen MR) is 261 cm³/mol. The standard InChI is InChI=1S/C49H54ClF3N8O8S/c1-48(2,49(51,52)53)34-7-4-33(40(25-34)31-5-8-35(50)9-6-31)29-58-17-19-59(20-18-58)36-10-12-39(42(26-36)60-16-3-21-69-47-44(60)24-32-14-15-54-45(32)56-47)46(62)57-70(65,66)38-11-13-41(43(27-38)61(63)64)55-28-37-30-67-22-23-68-37/h5-6,8-15,24,26-27,34,37,55H,3-4,7,16-23,25,28-30H2,1-2H3,(H,54,56)(H,57,62)/t34-,37+/m1/s1. The zero-order valence-electron chi connectivity index (χ0n) is 38.7. The van der Waals surface area contributed by atoms with Crippen LogP contribution in [-0.4, -0.2) is 119 Å². The Kier molecular flexibility index (Phi) is 14.1. The third kappa shape index (κ3) is 10.4. The number of allylic oxidation sites excluding steroid dienone is 1. The minimum absolute atomic E-state index is 0.0291. The second-order valence-electron chi connectivity index (χ2n) is 18.6. The number of halogens is 4. The van der Waals surface area contributed by atoms with Gasteiger partial charge in [0.25, 0.3) is 21.6 Å². The maximum Gasteiger partial charge on any atom is 0.394 e. The number of alkyl halides is 3. The number of nitrogens with zero attached hydrogens (tertiary/aromatic N) is 5. The molecule has 0 bridgehead atoms. The number of carbonyl (C=O) groups excluding carboxylic acids is 1. The monoisotopic (exact) mass is 1010 g/mol. The lowest BCUT2D eigenvalue weighted by molar-refractivity contribution is -0.384. The summed E-state index contributed by atoms with van der Waals surface area (Å²) in [5.74, 6) is -1.20. The Bertz CT molecular complexity index is 2900. The van der Waals surface area contributed by atoms with Crippen molar-refractivity contribution in [3.63, 3.8) is 0 Å². The first-order valence-electron chi connectivity index (χ1n) is 23.3. The van der Waals surface area contributed by atoms with Gasteiger partial charge in [0.2, 0.25) is 5.88 Å². The molecule has 2 atom stereocenters. The first-order chi connectivity index (χ1) is 33.4. The SMILES string of the molecule is CC(C)([C@@H]1CCC(CN2CCN(c3ccc(C(=O)NS(=O)(=O)c4ccc(NC[C@H]5COCCO5)c([N+](=O)[O-])c4)c(N4CCCOc5nc6[nH]ccc6cc54)c3)CC2)=C(c2ccc(Cl)cc2)C1)C(F)(F)F. The number of rotatable bonds is 13. The fourth-order valence-corrected chi connectivity index (χ4v) is 10.8. The van der Waals surface area contributed by atoms with Gasteiger partial charge >= 0.3 is 6.18 Å². The molecule has 0 saturated carbocycles. The van der Waals surface area contributed by atoms with Crippen LogP contribution in [-0.2, 0) is 19.5 Å². The number of ether oxygens (including phenoxy) is 3. The van der Waals surface area contributed by atoms with Crippen molar-refractivity contribution < 1.29 is 45.5 Å². The van der Waals surface area contributed by atoms with Crippen molar-refractivity contribution in [2.24, 2.45) is 11.3 Å². The van der Waals surface area contributed by atoms with Crippen molar-refractivity contribution in [2.75, 3.05) is 87.4 Å². The number of nitro groups is 1. The summed E-state index contributed by atoms with van der Waals surface area (Å²) in [5.41, 5.74) is 3.03. The zero-order chi connectivity index (χ0) is 49.4. The number of hydrogen-bond acceptors (Lipinski definition) is 13. The van der Waals surface area contributed by atoms with Gasteiger partial charge in [-0.15, -0.1) is 0 Å². The van der Waals surface area contributed by atoms with Crippen LogP contribution in [0.2, 0.25) is 5.02 Å². The van der Waals surface area contributed by atoms with Gasteiger partial charge in [0.05, 0.1) is 59.0 Å². The van der Waals surface area contributed by atoms with E-state index in [1.165, 1.54) is 26.0 Å². The van der Waals surface area contributed by atoms with Crippen LogP contribution in [0.5, 0.6) is 5.88 Å². The number of fused-ring (bicyclic) bond motifs is 2. The van der Waals surface area contributed by atoms with E-state index in [-0.39, 0.29) is 23.9 Å². The molecule has 5 heterocycles. The van der Waals surface area contributed by atoms with Gasteiger partial charge < -0.3 is 34.3 Å². The van der Waals surface area contributed by atoms with Gasteiger partial charge in [0.1, 0.15) is 17.0 Å². The second-order valence-corrected chi connectivity index (χ2v) is 20.7. The van der Waals surface area contributed by atoms with E-state index in [1.807, 2.05) is 35.2 Å². The number of nitrogens with one attached hydrogen (secondary N) is 3. The van der Waals surface area contributed by atoms with Crippen molar-refractivity contribution >= 4 is 72.6 Å². The van der Waals surface area contributed by atoms with Crippen molar-refractivity contribution in [1.29, 1.82) is 0 Å². The minimum Gasteiger partial charge on any atom is -0.476 e. The lowest BCUT2D eigenvalue weighted by Gasteiger charge is -2.41. The summed E-state index contributed by atoms with van der Waals surface area (Å²) in [6, 6.07) is 19.6. The highest BCUT2D eigenvalue weighted by atomic mass is 35.5. The normalized spacial score (nSPS) is 19.6. The summed E-state index contributed by atoms with van der Waals surface area (Å²) in [7, 11) is -4.65. The van der Waals surface area contributed by atoms with Crippen molar-refractivity contribution in [2.45, 2.75) is 56.7 Å². The van der Waals surface area contributed by atoms with E-state index in [1.54, 1.807) is 30.5 Å². The highest BCUT2D eigenvalue weighted by Gasteiger charge is 2.52. The number of piperazine rings is 1. The summed E-state index contributed by atoms with van der Waals surface area (Å²) >= 11 is 6.22. The van der Waals surface area contributed by atoms with Crippen molar-refractivity contribution in [1.82, 2.24) is 19.6 Å². The molecule has 3 aromatic carbocycles. The molecule has 70 heavy (non-hydrogen) atoms. The number of H-pyrrole nitrogens is 1. The summed E-state index contributed by atoms with van der Waals surface area (Å²) in [4.78, 5) is 39.6. The lowest BCUT2D eigenvalue weighted by atomic mass is 9.68. The quantitative estimate of drug-likeness (QED) is 0.0751. The molecule has 4 aliphatic rings. The number of benzene rings is 3. The Labute approximate surface area is 408 Å². The molecule has 9 rings (SSSR count). The Morgan fingerprint density at radius 2 is 1.76 bits per heavy atom. The lowest BCUT2D eigenvalue weighted by Crippen LogP contribution is -2.47. The Hall–Kier alpha value is -5.93. The van der Waals surface area contributed by atoms with Gasteiger partial charge in [0, 0.05) is 74.2 Å². The maximum absolute atomic E-state index is 14.4. The molecule has 3 aliphatic heterocycles. The van der Waals surface area contributed by atoms with Gasteiger partial charge in [-0.2, -0.15) is 18.2 Å². The Balaban J connectivity index is 0.981. The molecule has 0 unspecified atom stereocenters. The molecule has 0 radical (unpaired) electrons. The first kappa shape index (κ1) is 49.1. The van der Waals surface area contributed by atoms with Gasteiger partial charge in [-0.1, -0.05) is 43.2 Å². The van der Waals surface area contributed by atoms with Crippen LogP contribution >= 0.6 is 11.6 Å². The van der Waals surface area contributed by atoms with E-state index in [9.17, 15) is 36.5 Å². The maximum atomic E-state index is 14.4. The number of pyridine rings is 1. The summed E-state index contributed by atoms with van der Waals surface area (Å²) < 4.78 is 90.0. The van der Waals surface area contributed by atoms with E-state index >= 15 is 0 Å². The van der Waals surface area contributed by atoms with Crippen LogP contribution in [0.15, 0.2) is 89.5 Å². The number of hydrogen-bond donors (Lipinski definition) is 3. The van der Waals surface area contributed by atoms with E-state index in [0.29, 0.717) is 119 Å². The molecule has 0 spiro atoms. The fraction of sp³-hybridized carbons (Fsp3) is 0.429. The number of aromatic amines is 1. The second kappa shape index (κ2) is 20.1.